The van der Waals surface area contributed by atoms with Gasteiger partial charge in [0, 0.05) is 29.3 Å². The molecule has 6 nitrogen and oxygen atoms in total. The zero-order valence-corrected chi connectivity index (χ0v) is 14.6. The van der Waals surface area contributed by atoms with Crippen molar-refractivity contribution >= 4 is 37.3 Å². The molecule has 0 aliphatic carbocycles. The molecule has 1 amide bonds. The van der Waals surface area contributed by atoms with Crippen molar-refractivity contribution in [3.05, 3.63) is 29.8 Å². The minimum Gasteiger partial charge on any atom is -0.456 e. The lowest BCUT2D eigenvalue weighted by molar-refractivity contribution is -0.117. The van der Waals surface area contributed by atoms with Gasteiger partial charge >= 0.3 is 5.97 Å². The largest absolute Gasteiger partial charge is 0.456 e. The van der Waals surface area contributed by atoms with Gasteiger partial charge in [-0.25, -0.2) is 13.2 Å². The predicted octanol–water partition coefficient (Wildman–Crippen LogP) is 2.32. The highest BCUT2D eigenvalue weighted by Gasteiger charge is 2.38. The molecule has 1 atom stereocenters. The molecule has 1 heterocycles. The SMILES string of the molecule is CC(C)(C)OC(=O)c1cccc(N2CC(S(=O)(=O)Cl)CC2=O)c1. The molecule has 8 heteroatoms. The maximum absolute atomic E-state index is 12.1. The van der Waals surface area contributed by atoms with Crippen LogP contribution in [0.3, 0.4) is 0 Å². The first-order valence-electron chi connectivity index (χ1n) is 7.04. The van der Waals surface area contributed by atoms with E-state index in [0.29, 0.717) is 11.3 Å². The van der Waals surface area contributed by atoms with Crippen molar-refractivity contribution in [2.24, 2.45) is 0 Å². The van der Waals surface area contributed by atoms with Crippen LogP contribution in [0.2, 0.25) is 0 Å². The first-order chi connectivity index (χ1) is 10.5. The number of anilines is 1. The summed E-state index contributed by atoms with van der Waals surface area (Å²) in [4.78, 5) is 25.4. The van der Waals surface area contributed by atoms with Gasteiger partial charge in [0.05, 0.1) is 5.56 Å². The highest BCUT2D eigenvalue weighted by Crippen LogP contribution is 2.27. The van der Waals surface area contributed by atoms with Gasteiger partial charge < -0.3 is 9.64 Å². The Balaban J connectivity index is 2.24. The van der Waals surface area contributed by atoms with Crippen LogP contribution < -0.4 is 4.90 Å². The number of benzene rings is 1. The van der Waals surface area contributed by atoms with E-state index in [-0.39, 0.29) is 18.9 Å². The lowest BCUT2D eigenvalue weighted by Crippen LogP contribution is -2.27. The summed E-state index contributed by atoms with van der Waals surface area (Å²) >= 11 is 0. The monoisotopic (exact) mass is 359 g/mol. The maximum atomic E-state index is 12.1. The molecule has 1 saturated heterocycles. The summed E-state index contributed by atoms with van der Waals surface area (Å²) in [5.74, 6) is -0.854. The Kier molecular flexibility index (Phi) is 4.73. The van der Waals surface area contributed by atoms with Crippen molar-refractivity contribution in [1.29, 1.82) is 0 Å². The van der Waals surface area contributed by atoms with Gasteiger partial charge in [-0.05, 0) is 39.0 Å². The average Bonchev–Trinajstić information content (AvgIpc) is 2.79. The van der Waals surface area contributed by atoms with E-state index < -0.39 is 25.9 Å². The van der Waals surface area contributed by atoms with Crippen molar-refractivity contribution in [3.8, 4) is 0 Å². The van der Waals surface area contributed by atoms with E-state index in [0.717, 1.165) is 0 Å². The van der Waals surface area contributed by atoms with Crippen molar-refractivity contribution in [2.45, 2.75) is 38.0 Å². The quantitative estimate of drug-likeness (QED) is 0.611. The Morgan fingerprint density at radius 3 is 2.52 bits per heavy atom. The van der Waals surface area contributed by atoms with Crippen LogP contribution in [0.15, 0.2) is 24.3 Å². The predicted molar refractivity (Wildman–Crippen MR) is 87.1 cm³/mol. The van der Waals surface area contributed by atoms with E-state index in [1.165, 1.54) is 11.0 Å². The van der Waals surface area contributed by atoms with Gasteiger partial charge in [0.25, 0.3) is 0 Å². The third kappa shape index (κ3) is 4.45. The van der Waals surface area contributed by atoms with Crippen LogP contribution in [0.4, 0.5) is 5.69 Å². The summed E-state index contributed by atoms with van der Waals surface area (Å²) in [7, 11) is 1.52. The molecule has 0 radical (unpaired) electrons. The molecule has 1 fully saturated rings. The minimum absolute atomic E-state index is 0.0254. The highest BCUT2D eigenvalue weighted by atomic mass is 35.7. The molecule has 0 bridgehead atoms. The van der Waals surface area contributed by atoms with E-state index in [9.17, 15) is 18.0 Å². The van der Waals surface area contributed by atoms with E-state index in [4.69, 9.17) is 15.4 Å². The molecule has 1 aliphatic heterocycles. The number of hydrogen-bond acceptors (Lipinski definition) is 5. The van der Waals surface area contributed by atoms with E-state index >= 15 is 0 Å². The molecular formula is C15H18ClNO5S. The number of ether oxygens (including phenoxy) is 1. The first-order valence-corrected chi connectivity index (χ1v) is 9.42. The zero-order valence-electron chi connectivity index (χ0n) is 13.1. The van der Waals surface area contributed by atoms with E-state index in [1.54, 1.807) is 39.0 Å². The van der Waals surface area contributed by atoms with E-state index in [1.807, 2.05) is 0 Å². The Hall–Kier alpha value is -1.60. The molecule has 0 aromatic heterocycles. The molecule has 0 saturated carbocycles. The molecule has 2 rings (SSSR count). The number of carbonyl (C=O) groups is 2. The lowest BCUT2D eigenvalue weighted by Gasteiger charge is -2.21. The Bertz CT molecular complexity index is 738. The summed E-state index contributed by atoms with van der Waals surface area (Å²) in [6, 6.07) is 6.34. The normalized spacial score (nSPS) is 19.0. The molecule has 1 aromatic rings. The van der Waals surface area contributed by atoms with Gasteiger partial charge in [0.15, 0.2) is 0 Å². The standard InChI is InChI=1S/C15H18ClNO5S/c1-15(2,3)22-14(19)10-5-4-6-11(7-10)17-9-12(8-13(17)18)23(16,20)21/h4-7,12H,8-9H2,1-3H3. The molecular weight excluding hydrogens is 342 g/mol. The van der Waals surface area contributed by atoms with Crippen molar-refractivity contribution in [3.63, 3.8) is 0 Å². The Morgan fingerprint density at radius 2 is 2.00 bits per heavy atom. The van der Waals surface area contributed by atoms with Gasteiger partial charge in [-0.3, -0.25) is 4.79 Å². The van der Waals surface area contributed by atoms with Gasteiger partial charge in [0.1, 0.15) is 10.9 Å². The smallest absolute Gasteiger partial charge is 0.338 e. The molecule has 126 valence electrons. The molecule has 1 aliphatic rings. The summed E-state index contributed by atoms with van der Waals surface area (Å²) < 4.78 is 28.1. The fourth-order valence-electron chi connectivity index (χ4n) is 2.25. The third-order valence-corrected chi connectivity index (χ3v) is 5.15. The Morgan fingerprint density at radius 1 is 1.35 bits per heavy atom. The molecule has 1 aromatic carbocycles. The second kappa shape index (κ2) is 6.13. The highest BCUT2D eigenvalue weighted by molar-refractivity contribution is 8.14. The van der Waals surface area contributed by atoms with Crippen LogP contribution >= 0.6 is 10.7 Å². The number of nitrogens with zero attached hydrogens (tertiary/aromatic N) is 1. The molecule has 0 spiro atoms. The van der Waals surface area contributed by atoms with Crippen LogP contribution in [0.1, 0.15) is 37.6 Å². The number of esters is 1. The number of hydrogen-bond donors (Lipinski definition) is 0. The van der Waals surface area contributed by atoms with Crippen molar-refractivity contribution < 1.29 is 22.7 Å². The zero-order chi connectivity index (χ0) is 17.4. The maximum Gasteiger partial charge on any atom is 0.338 e. The third-order valence-electron chi connectivity index (χ3n) is 3.28. The van der Waals surface area contributed by atoms with Crippen LogP contribution in [-0.2, 0) is 18.6 Å². The Labute approximate surface area is 139 Å². The number of halogens is 1. The second-order valence-corrected chi connectivity index (χ2v) is 9.27. The van der Waals surface area contributed by atoms with Gasteiger partial charge in [-0.15, -0.1) is 0 Å². The summed E-state index contributed by atoms with van der Waals surface area (Å²) in [5, 5.41) is -0.943. The number of rotatable bonds is 3. The number of carbonyl (C=O) groups excluding carboxylic acids is 2. The van der Waals surface area contributed by atoms with Crippen LogP contribution in [0.25, 0.3) is 0 Å². The fraction of sp³-hybridized carbons (Fsp3) is 0.467. The molecule has 0 N–H and O–H groups in total. The minimum atomic E-state index is -3.81. The van der Waals surface area contributed by atoms with Gasteiger partial charge in [-0.1, -0.05) is 6.07 Å². The topological polar surface area (TPSA) is 80.8 Å². The second-order valence-electron chi connectivity index (χ2n) is 6.36. The fourth-order valence-corrected chi connectivity index (χ4v) is 3.28. The number of amides is 1. The van der Waals surface area contributed by atoms with E-state index in [2.05, 4.69) is 0 Å². The van der Waals surface area contributed by atoms with Gasteiger partial charge in [-0.2, -0.15) is 0 Å². The van der Waals surface area contributed by atoms with Crippen molar-refractivity contribution in [1.82, 2.24) is 0 Å². The molecule has 1 unspecified atom stereocenters. The average molecular weight is 360 g/mol. The van der Waals surface area contributed by atoms with Gasteiger partial charge in [0.2, 0.25) is 15.0 Å². The molecule has 23 heavy (non-hydrogen) atoms. The van der Waals surface area contributed by atoms with Crippen LogP contribution in [0, 0.1) is 0 Å². The first kappa shape index (κ1) is 17.7. The van der Waals surface area contributed by atoms with Crippen LogP contribution in [0.5, 0.6) is 0 Å². The summed E-state index contributed by atoms with van der Waals surface area (Å²) in [6.45, 7) is 5.25. The summed E-state index contributed by atoms with van der Waals surface area (Å²) in [6.07, 6.45) is -0.164. The summed E-state index contributed by atoms with van der Waals surface area (Å²) in [5.41, 5.74) is 0.109. The van der Waals surface area contributed by atoms with Crippen LogP contribution in [-0.4, -0.2) is 37.7 Å². The lowest BCUT2D eigenvalue weighted by atomic mass is 10.1. The van der Waals surface area contributed by atoms with Crippen molar-refractivity contribution in [2.75, 3.05) is 11.4 Å².